The highest BCUT2D eigenvalue weighted by molar-refractivity contribution is 5.85. The number of rotatable bonds is 3. The van der Waals surface area contributed by atoms with E-state index in [1.165, 1.54) is 39.8 Å². The highest BCUT2D eigenvalue weighted by atomic mass is 16.4. The number of fused-ring (bicyclic) bond motifs is 3. The Labute approximate surface area is 137 Å². The summed E-state index contributed by atoms with van der Waals surface area (Å²) in [4.78, 5) is 16.6. The second-order valence-corrected chi connectivity index (χ2v) is 7.71. The van der Waals surface area contributed by atoms with Crippen molar-refractivity contribution in [1.29, 1.82) is 0 Å². The van der Waals surface area contributed by atoms with Crippen molar-refractivity contribution in [2.45, 2.75) is 58.4 Å². The molecule has 0 saturated heterocycles. The summed E-state index contributed by atoms with van der Waals surface area (Å²) in [5.41, 5.74) is 4.88. The standard InChI is InChI=1S/C19H26N2O2/c1-12(11-21(18(22)23)19(2,3)4)16-10-14-9-8-13-6-5-7-15(13)17(14)20-16/h8-10,12,20H,5-7,11H2,1-4H3,(H,22,23). The number of H-pyrrole nitrogens is 1. The predicted octanol–water partition coefficient (Wildman–Crippen LogP) is 4.54. The number of nitrogens with one attached hydrogen (secondary N) is 1. The van der Waals surface area contributed by atoms with Crippen LogP contribution in [0.3, 0.4) is 0 Å². The van der Waals surface area contributed by atoms with Crippen molar-refractivity contribution >= 4 is 17.0 Å². The third-order valence-electron chi connectivity index (χ3n) is 4.92. The van der Waals surface area contributed by atoms with E-state index in [-0.39, 0.29) is 5.92 Å². The van der Waals surface area contributed by atoms with E-state index in [1.54, 1.807) is 0 Å². The monoisotopic (exact) mass is 314 g/mol. The third kappa shape index (κ3) is 2.94. The van der Waals surface area contributed by atoms with Crippen LogP contribution in [0.25, 0.3) is 10.9 Å². The van der Waals surface area contributed by atoms with Crippen LogP contribution in [0.2, 0.25) is 0 Å². The molecule has 1 aliphatic carbocycles. The summed E-state index contributed by atoms with van der Waals surface area (Å²) in [5.74, 6) is 0.134. The molecule has 1 atom stereocenters. The van der Waals surface area contributed by atoms with Gasteiger partial charge in [-0.2, -0.15) is 0 Å². The first-order valence-electron chi connectivity index (χ1n) is 8.41. The first-order chi connectivity index (χ1) is 10.8. The van der Waals surface area contributed by atoms with Crippen molar-refractivity contribution in [1.82, 2.24) is 9.88 Å². The van der Waals surface area contributed by atoms with Gasteiger partial charge in [0.25, 0.3) is 0 Å². The van der Waals surface area contributed by atoms with Crippen molar-refractivity contribution in [3.8, 4) is 0 Å². The molecule has 0 fully saturated rings. The fourth-order valence-electron chi connectivity index (χ4n) is 3.58. The quantitative estimate of drug-likeness (QED) is 0.874. The molecule has 4 heteroatoms. The molecule has 0 saturated carbocycles. The maximum absolute atomic E-state index is 11.6. The van der Waals surface area contributed by atoms with Gasteiger partial charge in [-0.15, -0.1) is 0 Å². The van der Waals surface area contributed by atoms with Gasteiger partial charge in [0.2, 0.25) is 0 Å². The largest absolute Gasteiger partial charge is 0.465 e. The maximum atomic E-state index is 11.6. The van der Waals surface area contributed by atoms with Gasteiger partial charge in [0.15, 0.2) is 0 Å². The van der Waals surface area contributed by atoms with Crippen LogP contribution in [0, 0.1) is 0 Å². The van der Waals surface area contributed by atoms with Crippen molar-refractivity contribution in [2.75, 3.05) is 6.54 Å². The Hall–Kier alpha value is -1.97. The molecule has 23 heavy (non-hydrogen) atoms. The van der Waals surface area contributed by atoms with Crippen LogP contribution in [-0.4, -0.2) is 33.2 Å². The molecule has 1 aromatic heterocycles. The summed E-state index contributed by atoms with van der Waals surface area (Å²) in [6, 6.07) is 6.61. The molecule has 1 unspecified atom stereocenters. The lowest BCUT2D eigenvalue weighted by Crippen LogP contribution is -2.46. The molecule has 1 aromatic carbocycles. The van der Waals surface area contributed by atoms with Crippen molar-refractivity contribution in [3.05, 3.63) is 35.0 Å². The van der Waals surface area contributed by atoms with Gasteiger partial charge in [-0.05, 0) is 62.6 Å². The second kappa shape index (κ2) is 5.59. The van der Waals surface area contributed by atoms with Gasteiger partial charge in [0, 0.05) is 29.2 Å². The fourth-order valence-corrected chi connectivity index (χ4v) is 3.58. The number of hydrogen-bond donors (Lipinski definition) is 2. The van der Waals surface area contributed by atoms with Crippen LogP contribution >= 0.6 is 0 Å². The Morgan fingerprint density at radius 1 is 1.35 bits per heavy atom. The average molecular weight is 314 g/mol. The molecular formula is C19H26N2O2. The van der Waals surface area contributed by atoms with E-state index in [1.807, 2.05) is 20.8 Å². The predicted molar refractivity (Wildman–Crippen MR) is 93.2 cm³/mol. The number of benzene rings is 1. The van der Waals surface area contributed by atoms with Gasteiger partial charge in [-0.25, -0.2) is 4.79 Å². The topological polar surface area (TPSA) is 56.3 Å². The second-order valence-electron chi connectivity index (χ2n) is 7.71. The zero-order chi connectivity index (χ0) is 16.8. The molecule has 1 heterocycles. The first kappa shape index (κ1) is 15.9. The number of amides is 1. The Kier molecular flexibility index (Phi) is 3.86. The van der Waals surface area contributed by atoms with Gasteiger partial charge in [-0.3, -0.25) is 0 Å². The SMILES string of the molecule is CC(CN(C(=O)O)C(C)(C)C)c1cc2ccc3c(c2[nH]1)CCC3. The highest BCUT2D eigenvalue weighted by Gasteiger charge is 2.28. The number of carbonyl (C=O) groups is 1. The maximum Gasteiger partial charge on any atom is 0.407 e. The summed E-state index contributed by atoms with van der Waals surface area (Å²) < 4.78 is 0. The smallest absolute Gasteiger partial charge is 0.407 e. The first-order valence-corrected chi connectivity index (χ1v) is 8.41. The van der Waals surface area contributed by atoms with E-state index in [0.717, 1.165) is 12.1 Å². The van der Waals surface area contributed by atoms with Crippen LogP contribution in [0.15, 0.2) is 18.2 Å². The van der Waals surface area contributed by atoms with E-state index < -0.39 is 11.6 Å². The zero-order valence-electron chi connectivity index (χ0n) is 14.4. The van der Waals surface area contributed by atoms with E-state index in [2.05, 4.69) is 30.1 Å². The van der Waals surface area contributed by atoms with Gasteiger partial charge < -0.3 is 15.0 Å². The molecule has 0 aliphatic heterocycles. The molecule has 3 rings (SSSR count). The molecule has 4 nitrogen and oxygen atoms in total. The molecule has 0 bridgehead atoms. The number of hydrogen-bond acceptors (Lipinski definition) is 1. The van der Waals surface area contributed by atoms with Crippen molar-refractivity contribution in [3.63, 3.8) is 0 Å². The third-order valence-corrected chi connectivity index (χ3v) is 4.92. The van der Waals surface area contributed by atoms with Gasteiger partial charge in [0.1, 0.15) is 0 Å². The Morgan fingerprint density at radius 3 is 2.74 bits per heavy atom. The minimum absolute atomic E-state index is 0.134. The summed E-state index contributed by atoms with van der Waals surface area (Å²) in [6.07, 6.45) is 2.69. The Balaban J connectivity index is 1.89. The number of carboxylic acid groups (broad SMARTS) is 1. The average Bonchev–Trinajstić information content (AvgIpc) is 3.07. The Morgan fingerprint density at radius 2 is 2.09 bits per heavy atom. The van der Waals surface area contributed by atoms with Gasteiger partial charge in [-0.1, -0.05) is 19.1 Å². The van der Waals surface area contributed by atoms with Gasteiger partial charge in [0.05, 0.1) is 0 Å². The molecule has 0 spiro atoms. The molecular weight excluding hydrogens is 288 g/mol. The minimum atomic E-state index is -0.860. The molecule has 2 N–H and O–H groups in total. The summed E-state index contributed by atoms with van der Waals surface area (Å²) >= 11 is 0. The summed E-state index contributed by atoms with van der Waals surface area (Å²) in [5, 5.41) is 10.7. The molecule has 0 radical (unpaired) electrons. The lowest BCUT2D eigenvalue weighted by atomic mass is 10.0. The number of aryl methyl sites for hydroxylation is 2. The lowest BCUT2D eigenvalue weighted by molar-refractivity contribution is 0.0966. The summed E-state index contributed by atoms with van der Waals surface area (Å²) in [6.45, 7) is 8.39. The molecule has 2 aromatic rings. The summed E-state index contributed by atoms with van der Waals surface area (Å²) in [7, 11) is 0. The minimum Gasteiger partial charge on any atom is -0.465 e. The zero-order valence-corrected chi connectivity index (χ0v) is 14.4. The van der Waals surface area contributed by atoms with Crippen LogP contribution in [0.5, 0.6) is 0 Å². The molecule has 1 aliphatic rings. The lowest BCUT2D eigenvalue weighted by Gasteiger charge is -2.34. The fraction of sp³-hybridized carbons (Fsp3) is 0.526. The number of nitrogens with zero attached hydrogens (tertiary/aromatic N) is 1. The number of aromatic amines is 1. The van der Waals surface area contributed by atoms with Crippen molar-refractivity contribution < 1.29 is 9.90 Å². The van der Waals surface area contributed by atoms with Crippen LogP contribution < -0.4 is 0 Å². The molecule has 124 valence electrons. The van der Waals surface area contributed by atoms with Crippen LogP contribution in [0.4, 0.5) is 4.79 Å². The van der Waals surface area contributed by atoms with Gasteiger partial charge >= 0.3 is 6.09 Å². The van der Waals surface area contributed by atoms with E-state index in [9.17, 15) is 9.90 Å². The van der Waals surface area contributed by atoms with E-state index in [4.69, 9.17) is 0 Å². The number of aromatic nitrogens is 1. The molecule has 1 amide bonds. The normalized spacial score (nSPS) is 15.7. The van der Waals surface area contributed by atoms with E-state index in [0.29, 0.717) is 6.54 Å². The van der Waals surface area contributed by atoms with Crippen LogP contribution in [0.1, 0.15) is 56.9 Å². The Bertz CT molecular complexity index is 740. The van der Waals surface area contributed by atoms with Crippen molar-refractivity contribution in [2.24, 2.45) is 0 Å². The van der Waals surface area contributed by atoms with E-state index >= 15 is 0 Å². The van der Waals surface area contributed by atoms with Crippen LogP contribution in [-0.2, 0) is 12.8 Å². The highest BCUT2D eigenvalue weighted by Crippen LogP contribution is 2.32.